The van der Waals surface area contributed by atoms with Crippen LogP contribution in [0.4, 0.5) is 4.79 Å². The highest BCUT2D eigenvalue weighted by Crippen LogP contribution is 2.31. The van der Waals surface area contributed by atoms with E-state index < -0.39 is 5.54 Å². The van der Waals surface area contributed by atoms with Crippen molar-refractivity contribution in [2.45, 2.75) is 45.2 Å². The van der Waals surface area contributed by atoms with Gasteiger partial charge in [0, 0.05) is 45.1 Å². The third-order valence-corrected chi connectivity index (χ3v) is 6.57. The largest absolute Gasteiger partial charge is 0.326 e. The Hall–Kier alpha value is -2.77. The van der Waals surface area contributed by atoms with Gasteiger partial charge in [-0.1, -0.05) is 45.0 Å². The van der Waals surface area contributed by atoms with Crippen LogP contribution in [0.1, 0.15) is 44.4 Å². The van der Waals surface area contributed by atoms with Crippen molar-refractivity contribution < 1.29 is 9.59 Å². The van der Waals surface area contributed by atoms with Crippen molar-refractivity contribution in [3.05, 3.63) is 65.5 Å². The van der Waals surface area contributed by atoms with E-state index in [0.717, 1.165) is 38.3 Å². The Balaban J connectivity index is 1.37. The van der Waals surface area contributed by atoms with Crippen molar-refractivity contribution in [1.82, 2.24) is 25.0 Å². The molecule has 1 unspecified atom stereocenters. The topological polar surface area (TPSA) is 68.8 Å². The fourth-order valence-electron chi connectivity index (χ4n) is 4.36. The van der Waals surface area contributed by atoms with Gasteiger partial charge < -0.3 is 5.32 Å². The van der Waals surface area contributed by atoms with Crippen LogP contribution in [0.3, 0.4) is 0 Å². The average molecular weight is 436 g/mol. The summed E-state index contributed by atoms with van der Waals surface area (Å²) in [7, 11) is 0. The molecule has 2 saturated heterocycles. The van der Waals surface area contributed by atoms with Crippen LogP contribution in [0.5, 0.6) is 0 Å². The first kappa shape index (κ1) is 22.4. The lowest BCUT2D eigenvalue weighted by atomic mass is 9.84. The molecule has 2 aliphatic rings. The molecule has 1 aromatic heterocycles. The number of imide groups is 1. The molecule has 32 heavy (non-hydrogen) atoms. The third-order valence-electron chi connectivity index (χ3n) is 6.57. The van der Waals surface area contributed by atoms with Crippen LogP contribution in [0, 0.1) is 0 Å². The van der Waals surface area contributed by atoms with Gasteiger partial charge >= 0.3 is 6.03 Å². The Morgan fingerprint density at radius 3 is 2.12 bits per heavy atom. The number of nitrogens with one attached hydrogen (secondary N) is 1. The van der Waals surface area contributed by atoms with Crippen LogP contribution in [0.2, 0.25) is 0 Å². The summed E-state index contributed by atoms with van der Waals surface area (Å²) in [5.74, 6) is -0.190. The van der Waals surface area contributed by atoms with Crippen molar-refractivity contribution in [2.24, 2.45) is 0 Å². The number of piperazine rings is 1. The Morgan fingerprint density at radius 1 is 0.938 bits per heavy atom. The minimum absolute atomic E-state index is 0.0357. The van der Waals surface area contributed by atoms with E-state index in [4.69, 9.17) is 0 Å². The number of benzene rings is 1. The van der Waals surface area contributed by atoms with Gasteiger partial charge in [0.2, 0.25) is 0 Å². The Kier molecular flexibility index (Phi) is 6.05. The zero-order chi connectivity index (χ0) is 22.9. The zero-order valence-corrected chi connectivity index (χ0v) is 19.5. The maximum atomic E-state index is 13.3. The standard InChI is InChI=1S/C25H33N5O2/c1-24(2,3)20-5-7-21(8-6-20)25(4)22(31)30(23(32)27-25)18-29-15-13-28(14-16-29)17-19-9-11-26-12-10-19/h5-12H,13-18H2,1-4H3,(H,27,32). The summed E-state index contributed by atoms with van der Waals surface area (Å²) in [6, 6.07) is 11.8. The van der Waals surface area contributed by atoms with Gasteiger partial charge in [-0.15, -0.1) is 0 Å². The Labute approximate surface area is 190 Å². The number of aromatic nitrogens is 1. The molecule has 170 valence electrons. The molecule has 3 amide bonds. The highest BCUT2D eigenvalue weighted by Gasteiger charge is 2.49. The number of urea groups is 1. The number of pyridine rings is 1. The number of carbonyl (C=O) groups is 2. The summed E-state index contributed by atoms with van der Waals surface area (Å²) in [6.07, 6.45) is 3.63. The van der Waals surface area contributed by atoms with E-state index in [1.54, 1.807) is 6.92 Å². The van der Waals surface area contributed by atoms with Gasteiger partial charge in [0.05, 0.1) is 6.67 Å². The quantitative estimate of drug-likeness (QED) is 0.732. The maximum absolute atomic E-state index is 13.3. The van der Waals surface area contributed by atoms with Crippen molar-refractivity contribution in [1.29, 1.82) is 0 Å². The van der Waals surface area contributed by atoms with E-state index in [2.05, 4.69) is 40.9 Å². The van der Waals surface area contributed by atoms with Crippen molar-refractivity contribution in [2.75, 3.05) is 32.8 Å². The molecule has 1 aromatic carbocycles. The molecule has 0 bridgehead atoms. The Morgan fingerprint density at radius 2 is 1.53 bits per heavy atom. The van der Waals surface area contributed by atoms with Crippen LogP contribution in [0.25, 0.3) is 0 Å². The first-order valence-corrected chi connectivity index (χ1v) is 11.3. The van der Waals surface area contributed by atoms with Gasteiger partial charge in [-0.2, -0.15) is 0 Å². The highest BCUT2D eigenvalue weighted by molar-refractivity contribution is 6.07. The molecule has 0 spiro atoms. The number of amides is 3. The molecule has 2 aromatic rings. The fraction of sp³-hybridized carbons (Fsp3) is 0.480. The van der Waals surface area contributed by atoms with Crippen LogP contribution < -0.4 is 5.32 Å². The second kappa shape index (κ2) is 8.64. The molecule has 1 atom stereocenters. The molecule has 3 heterocycles. The molecule has 0 radical (unpaired) electrons. The molecule has 4 rings (SSSR count). The summed E-state index contributed by atoms with van der Waals surface area (Å²) >= 11 is 0. The lowest BCUT2D eigenvalue weighted by Gasteiger charge is -2.36. The molecule has 7 nitrogen and oxygen atoms in total. The molecule has 0 aliphatic carbocycles. The van der Waals surface area contributed by atoms with Crippen LogP contribution in [0.15, 0.2) is 48.8 Å². The van der Waals surface area contributed by atoms with E-state index >= 15 is 0 Å². The molecular weight excluding hydrogens is 402 g/mol. The number of hydrogen-bond donors (Lipinski definition) is 1. The van der Waals surface area contributed by atoms with Crippen LogP contribution >= 0.6 is 0 Å². The van der Waals surface area contributed by atoms with E-state index in [1.165, 1.54) is 16.0 Å². The lowest BCUT2D eigenvalue weighted by Crippen LogP contribution is -2.51. The number of nitrogens with zero attached hydrogens (tertiary/aromatic N) is 4. The van der Waals surface area contributed by atoms with Crippen molar-refractivity contribution >= 4 is 11.9 Å². The minimum Gasteiger partial charge on any atom is -0.319 e. The molecule has 0 saturated carbocycles. The highest BCUT2D eigenvalue weighted by atomic mass is 16.2. The fourth-order valence-corrected chi connectivity index (χ4v) is 4.36. The molecule has 1 N–H and O–H groups in total. The summed E-state index contributed by atoms with van der Waals surface area (Å²) in [4.78, 5) is 36.0. The average Bonchev–Trinajstić information content (AvgIpc) is 2.99. The normalized spacial score (nSPS) is 22.9. The van der Waals surface area contributed by atoms with E-state index in [-0.39, 0.29) is 17.4 Å². The van der Waals surface area contributed by atoms with Gasteiger partial charge in [0.15, 0.2) is 0 Å². The summed E-state index contributed by atoms with van der Waals surface area (Å²) < 4.78 is 0. The minimum atomic E-state index is -1.03. The summed E-state index contributed by atoms with van der Waals surface area (Å²) in [6.45, 7) is 12.9. The second-order valence-electron chi connectivity index (χ2n) is 10.0. The van der Waals surface area contributed by atoms with Gasteiger partial charge in [0.25, 0.3) is 5.91 Å². The molecular formula is C25H33N5O2. The predicted octanol–water partition coefficient (Wildman–Crippen LogP) is 2.92. The molecule has 7 heteroatoms. The Bertz CT molecular complexity index is 962. The third kappa shape index (κ3) is 4.54. The first-order chi connectivity index (χ1) is 15.2. The van der Waals surface area contributed by atoms with Gasteiger partial charge in [-0.3, -0.25) is 19.6 Å². The molecule has 2 aliphatic heterocycles. The molecule has 2 fully saturated rings. The van der Waals surface area contributed by atoms with Crippen molar-refractivity contribution in [3.63, 3.8) is 0 Å². The number of rotatable bonds is 5. The van der Waals surface area contributed by atoms with Gasteiger partial charge in [-0.25, -0.2) is 9.69 Å². The summed E-state index contributed by atoms with van der Waals surface area (Å²) in [5, 5.41) is 2.93. The maximum Gasteiger partial charge on any atom is 0.326 e. The smallest absolute Gasteiger partial charge is 0.319 e. The van der Waals surface area contributed by atoms with Gasteiger partial charge in [-0.05, 0) is 41.2 Å². The van der Waals surface area contributed by atoms with Crippen molar-refractivity contribution in [3.8, 4) is 0 Å². The summed E-state index contributed by atoms with van der Waals surface area (Å²) in [5.41, 5.74) is 2.26. The lowest BCUT2D eigenvalue weighted by molar-refractivity contribution is -0.132. The van der Waals surface area contributed by atoms with Crippen LogP contribution in [-0.4, -0.2) is 64.5 Å². The van der Waals surface area contributed by atoms with Crippen LogP contribution in [-0.2, 0) is 22.3 Å². The predicted molar refractivity (Wildman–Crippen MR) is 124 cm³/mol. The monoisotopic (exact) mass is 435 g/mol. The second-order valence-corrected chi connectivity index (χ2v) is 10.0. The first-order valence-electron chi connectivity index (χ1n) is 11.3. The van der Waals surface area contributed by atoms with Gasteiger partial charge in [0.1, 0.15) is 5.54 Å². The zero-order valence-electron chi connectivity index (χ0n) is 19.5. The van der Waals surface area contributed by atoms with E-state index in [0.29, 0.717) is 6.67 Å². The SMILES string of the molecule is CC(C)(C)c1ccc(C2(C)NC(=O)N(CN3CCN(Cc4ccncc4)CC3)C2=O)cc1. The number of hydrogen-bond acceptors (Lipinski definition) is 5. The number of carbonyl (C=O) groups excluding carboxylic acids is 2. The van der Waals surface area contributed by atoms with E-state index in [9.17, 15) is 9.59 Å². The van der Waals surface area contributed by atoms with E-state index in [1.807, 2.05) is 48.8 Å².